The minimum absolute atomic E-state index is 0.150. The number of aromatic nitrogens is 2. The molecule has 0 atom stereocenters. The molecule has 0 aromatic carbocycles. The van der Waals surface area contributed by atoms with Crippen LogP contribution < -0.4 is 5.32 Å². The third-order valence-electron chi connectivity index (χ3n) is 2.26. The molecule has 6 heteroatoms. The second kappa shape index (κ2) is 4.80. The number of carbonyl (C=O) groups excluding carboxylic acids is 1. The molecule has 2 rings (SSSR count). The van der Waals surface area contributed by atoms with E-state index in [-0.39, 0.29) is 5.91 Å². The predicted molar refractivity (Wildman–Crippen MR) is 64.6 cm³/mol. The van der Waals surface area contributed by atoms with E-state index in [1.807, 2.05) is 22.9 Å². The summed E-state index contributed by atoms with van der Waals surface area (Å²) >= 11 is 1.55. The van der Waals surface area contributed by atoms with E-state index in [1.54, 1.807) is 18.4 Å². The Balaban J connectivity index is 2.08. The van der Waals surface area contributed by atoms with Crippen LogP contribution in [0.4, 0.5) is 5.82 Å². The first-order valence-electron chi connectivity index (χ1n) is 4.93. The van der Waals surface area contributed by atoms with Crippen LogP contribution in [0.2, 0.25) is 0 Å². The van der Waals surface area contributed by atoms with Gasteiger partial charge in [0, 0.05) is 7.05 Å². The van der Waals surface area contributed by atoms with Crippen molar-refractivity contribution in [3.05, 3.63) is 34.2 Å². The van der Waals surface area contributed by atoms with Crippen LogP contribution in [0.3, 0.4) is 0 Å². The van der Waals surface area contributed by atoms with E-state index in [2.05, 4.69) is 10.4 Å². The van der Waals surface area contributed by atoms with E-state index in [0.29, 0.717) is 17.8 Å². The predicted octanol–water partition coefficient (Wildman–Crippen LogP) is 1.53. The summed E-state index contributed by atoms with van der Waals surface area (Å²) in [5, 5.41) is 19.3. The van der Waals surface area contributed by atoms with Crippen LogP contribution >= 0.6 is 11.3 Å². The van der Waals surface area contributed by atoms with Crippen LogP contribution in [0.15, 0.2) is 23.0 Å². The van der Waals surface area contributed by atoms with E-state index in [9.17, 15) is 4.79 Å². The zero-order chi connectivity index (χ0) is 12.3. The van der Waals surface area contributed by atoms with Gasteiger partial charge in [0.25, 0.3) is 0 Å². The van der Waals surface area contributed by atoms with Crippen molar-refractivity contribution >= 4 is 23.1 Å². The number of hydrogen-bond acceptors (Lipinski definition) is 4. The molecule has 2 aromatic heterocycles. The molecule has 0 fully saturated rings. The average Bonchev–Trinajstić information content (AvgIpc) is 2.90. The lowest BCUT2D eigenvalue weighted by molar-refractivity contribution is -0.115. The first-order valence-corrected chi connectivity index (χ1v) is 5.88. The number of nitriles is 1. The standard InChI is InChI=1S/C11H10N4OS/c1-15-11(9(5-12)6-13-15)14-10(16)4-8-2-3-17-7-8/h2-3,6-7H,4H2,1H3,(H,14,16). The molecule has 0 spiro atoms. The highest BCUT2D eigenvalue weighted by molar-refractivity contribution is 7.08. The van der Waals surface area contributed by atoms with E-state index < -0.39 is 0 Å². The van der Waals surface area contributed by atoms with Gasteiger partial charge in [-0.2, -0.15) is 21.7 Å². The quantitative estimate of drug-likeness (QED) is 0.892. The summed E-state index contributed by atoms with van der Waals surface area (Å²) in [6.07, 6.45) is 1.74. The minimum Gasteiger partial charge on any atom is -0.310 e. The third kappa shape index (κ3) is 2.52. The number of rotatable bonds is 3. The fourth-order valence-corrected chi connectivity index (χ4v) is 2.09. The maximum Gasteiger partial charge on any atom is 0.230 e. The van der Waals surface area contributed by atoms with Gasteiger partial charge in [-0.15, -0.1) is 0 Å². The molecule has 0 aliphatic heterocycles. The van der Waals surface area contributed by atoms with Crippen molar-refractivity contribution in [2.75, 3.05) is 5.32 Å². The summed E-state index contributed by atoms with van der Waals surface area (Å²) in [5.74, 6) is 0.288. The third-order valence-corrected chi connectivity index (χ3v) is 2.99. The summed E-state index contributed by atoms with van der Waals surface area (Å²) in [6, 6.07) is 3.89. The second-order valence-corrected chi connectivity index (χ2v) is 4.28. The SMILES string of the molecule is Cn1ncc(C#N)c1NC(=O)Cc1ccsc1. The van der Waals surface area contributed by atoms with Gasteiger partial charge in [0.05, 0.1) is 12.6 Å². The lowest BCUT2D eigenvalue weighted by atomic mass is 10.2. The molecule has 17 heavy (non-hydrogen) atoms. The Labute approximate surface area is 102 Å². The molecule has 0 bridgehead atoms. The summed E-state index contributed by atoms with van der Waals surface area (Å²) in [4.78, 5) is 11.7. The van der Waals surface area contributed by atoms with Gasteiger partial charge in [0.1, 0.15) is 17.5 Å². The highest BCUT2D eigenvalue weighted by Crippen LogP contribution is 2.13. The zero-order valence-corrected chi connectivity index (χ0v) is 9.99. The van der Waals surface area contributed by atoms with Crippen molar-refractivity contribution in [3.8, 4) is 6.07 Å². The van der Waals surface area contributed by atoms with Crippen molar-refractivity contribution in [1.82, 2.24) is 9.78 Å². The number of nitrogens with zero attached hydrogens (tertiary/aromatic N) is 3. The first-order chi connectivity index (χ1) is 8.20. The van der Waals surface area contributed by atoms with Crippen molar-refractivity contribution in [3.63, 3.8) is 0 Å². The average molecular weight is 246 g/mol. The molecule has 0 unspecified atom stereocenters. The van der Waals surface area contributed by atoms with Crippen LogP contribution in [0.25, 0.3) is 0 Å². The number of carbonyl (C=O) groups is 1. The van der Waals surface area contributed by atoms with Gasteiger partial charge in [0.2, 0.25) is 5.91 Å². The van der Waals surface area contributed by atoms with Gasteiger partial charge in [-0.05, 0) is 22.4 Å². The largest absolute Gasteiger partial charge is 0.310 e. The highest BCUT2D eigenvalue weighted by atomic mass is 32.1. The fourth-order valence-electron chi connectivity index (χ4n) is 1.42. The molecule has 1 N–H and O–H groups in total. The molecule has 86 valence electrons. The molecule has 0 aliphatic rings. The van der Waals surface area contributed by atoms with Crippen LogP contribution in [0.5, 0.6) is 0 Å². The maximum atomic E-state index is 11.7. The Morgan fingerprint density at radius 3 is 3.18 bits per heavy atom. The number of amides is 1. The van der Waals surface area contributed by atoms with Crippen LogP contribution in [-0.4, -0.2) is 15.7 Å². The summed E-state index contributed by atoms with van der Waals surface area (Å²) in [7, 11) is 1.68. The van der Waals surface area contributed by atoms with Crippen LogP contribution in [0, 0.1) is 11.3 Å². The Hall–Kier alpha value is -2.13. The Morgan fingerprint density at radius 2 is 2.53 bits per heavy atom. The zero-order valence-electron chi connectivity index (χ0n) is 9.17. The Bertz CT molecular complexity index is 565. The van der Waals surface area contributed by atoms with Gasteiger partial charge in [-0.25, -0.2) is 0 Å². The van der Waals surface area contributed by atoms with Gasteiger partial charge < -0.3 is 5.32 Å². The van der Waals surface area contributed by atoms with Gasteiger partial charge in [0.15, 0.2) is 0 Å². The second-order valence-electron chi connectivity index (χ2n) is 3.50. The molecule has 0 radical (unpaired) electrons. The molecule has 1 amide bonds. The topological polar surface area (TPSA) is 70.7 Å². The van der Waals surface area contributed by atoms with Gasteiger partial charge in [-0.3, -0.25) is 9.48 Å². The van der Waals surface area contributed by atoms with Gasteiger partial charge in [-0.1, -0.05) is 0 Å². The normalized spacial score (nSPS) is 9.88. The van der Waals surface area contributed by atoms with Crippen molar-refractivity contribution < 1.29 is 4.79 Å². The molecule has 0 aliphatic carbocycles. The summed E-state index contributed by atoms with van der Waals surface area (Å²) < 4.78 is 1.48. The Kier molecular flexibility index (Phi) is 3.21. The molecule has 2 heterocycles. The van der Waals surface area contributed by atoms with E-state index >= 15 is 0 Å². The number of nitrogens with one attached hydrogen (secondary N) is 1. The molecular formula is C11H10N4OS. The minimum atomic E-state index is -0.150. The van der Waals surface area contributed by atoms with E-state index in [0.717, 1.165) is 5.56 Å². The molecular weight excluding hydrogens is 236 g/mol. The van der Waals surface area contributed by atoms with E-state index in [1.165, 1.54) is 10.9 Å². The fraction of sp³-hybridized carbons (Fsp3) is 0.182. The monoisotopic (exact) mass is 246 g/mol. The lowest BCUT2D eigenvalue weighted by Gasteiger charge is -2.04. The first kappa shape index (κ1) is 11.4. The number of anilines is 1. The lowest BCUT2D eigenvalue weighted by Crippen LogP contribution is -2.17. The van der Waals surface area contributed by atoms with Gasteiger partial charge >= 0.3 is 0 Å². The number of thiophene rings is 1. The summed E-state index contributed by atoms with van der Waals surface area (Å²) in [5.41, 5.74) is 1.33. The van der Waals surface area contributed by atoms with Crippen molar-refractivity contribution in [2.24, 2.45) is 7.05 Å². The smallest absolute Gasteiger partial charge is 0.230 e. The van der Waals surface area contributed by atoms with Crippen LogP contribution in [-0.2, 0) is 18.3 Å². The molecule has 0 saturated heterocycles. The maximum absolute atomic E-state index is 11.7. The Morgan fingerprint density at radius 1 is 1.71 bits per heavy atom. The van der Waals surface area contributed by atoms with E-state index in [4.69, 9.17) is 5.26 Å². The van der Waals surface area contributed by atoms with Crippen LogP contribution in [0.1, 0.15) is 11.1 Å². The number of aryl methyl sites for hydroxylation is 1. The molecule has 2 aromatic rings. The molecule has 0 saturated carbocycles. The molecule has 5 nitrogen and oxygen atoms in total. The van der Waals surface area contributed by atoms with Crippen molar-refractivity contribution in [1.29, 1.82) is 5.26 Å². The highest BCUT2D eigenvalue weighted by Gasteiger charge is 2.11. The van der Waals surface area contributed by atoms with Crippen molar-refractivity contribution in [2.45, 2.75) is 6.42 Å². The summed E-state index contributed by atoms with van der Waals surface area (Å²) in [6.45, 7) is 0. The number of hydrogen-bond donors (Lipinski definition) is 1.